The number of carbonyl (C=O) groups is 1. The average Bonchev–Trinajstić information content (AvgIpc) is 3.24. The quantitative estimate of drug-likeness (QED) is 0.294. The van der Waals surface area contributed by atoms with Gasteiger partial charge in [-0.1, -0.05) is 56.2 Å². The zero-order valence-corrected chi connectivity index (χ0v) is 22.6. The second-order valence-electron chi connectivity index (χ2n) is 12.2. The lowest BCUT2D eigenvalue weighted by molar-refractivity contribution is -0.142. The minimum atomic E-state index is -0.807. The molecular weight excluding hydrogens is 424 g/mol. The first kappa shape index (κ1) is 27.4. The molecule has 192 valence electrons. The number of allylic oxidation sites excluding steroid dienone is 6. The Morgan fingerprint density at radius 2 is 1.91 bits per heavy atom. The molecule has 0 saturated carbocycles. The van der Waals surface area contributed by atoms with Crippen LogP contribution in [0.2, 0.25) is 0 Å². The molecule has 34 heavy (non-hydrogen) atoms. The van der Waals surface area contributed by atoms with Crippen LogP contribution in [0.3, 0.4) is 0 Å². The van der Waals surface area contributed by atoms with Crippen LogP contribution in [0.4, 0.5) is 0 Å². The molecule has 0 amide bonds. The molecule has 2 saturated heterocycles. The molecule has 0 aromatic rings. The summed E-state index contributed by atoms with van der Waals surface area (Å²) in [6, 6.07) is 0. The largest absolute Gasteiger partial charge is 0.396 e. The van der Waals surface area contributed by atoms with Gasteiger partial charge in [0.15, 0.2) is 5.78 Å². The molecule has 0 aromatic carbocycles. The van der Waals surface area contributed by atoms with E-state index in [1.165, 1.54) is 11.1 Å². The SMILES string of the molecule is CC(=O)[C@@]12CC[C@@](C)(O1)[C@](CO)(CCC=C(C)C=C[C@H]1C(C)=CC[C@@H](C)C1(C)C)[C@H]2CCCO. The third-order valence-corrected chi connectivity index (χ3v) is 10.2. The maximum Gasteiger partial charge on any atom is 0.161 e. The Morgan fingerprint density at radius 3 is 2.53 bits per heavy atom. The molecule has 2 fully saturated rings. The Balaban J connectivity index is 1.78. The van der Waals surface area contributed by atoms with E-state index in [1.54, 1.807) is 6.92 Å². The van der Waals surface area contributed by atoms with Crippen LogP contribution in [0.25, 0.3) is 0 Å². The van der Waals surface area contributed by atoms with Gasteiger partial charge in [0.25, 0.3) is 0 Å². The molecule has 2 bridgehead atoms. The molecule has 3 aliphatic rings. The van der Waals surface area contributed by atoms with Crippen LogP contribution in [-0.2, 0) is 9.53 Å². The number of carbonyl (C=O) groups excluding carboxylic acids is 1. The molecule has 0 radical (unpaired) electrons. The smallest absolute Gasteiger partial charge is 0.161 e. The molecule has 2 aliphatic heterocycles. The Labute approximate surface area is 207 Å². The molecule has 4 heteroatoms. The summed E-state index contributed by atoms with van der Waals surface area (Å²) in [6.45, 7) is 15.3. The first-order valence-electron chi connectivity index (χ1n) is 13.3. The van der Waals surface area contributed by atoms with E-state index in [2.05, 4.69) is 65.8 Å². The second kappa shape index (κ2) is 10.0. The van der Waals surface area contributed by atoms with Crippen molar-refractivity contribution in [1.82, 2.24) is 0 Å². The van der Waals surface area contributed by atoms with Crippen molar-refractivity contribution in [1.29, 1.82) is 0 Å². The zero-order valence-electron chi connectivity index (χ0n) is 22.6. The van der Waals surface area contributed by atoms with Crippen molar-refractivity contribution in [2.75, 3.05) is 13.2 Å². The fourth-order valence-electron chi connectivity index (χ4n) is 7.39. The molecule has 3 rings (SSSR count). The monoisotopic (exact) mass is 472 g/mol. The summed E-state index contributed by atoms with van der Waals surface area (Å²) in [5.41, 5.74) is 1.16. The van der Waals surface area contributed by atoms with Gasteiger partial charge in [0, 0.05) is 23.9 Å². The van der Waals surface area contributed by atoms with Crippen LogP contribution < -0.4 is 0 Å². The number of rotatable bonds is 10. The number of Topliss-reactive ketones (excluding diaryl/α,β-unsaturated/α-hetero) is 1. The molecular formula is C30H48O4. The normalized spacial score (nSPS) is 39.6. The van der Waals surface area contributed by atoms with Crippen molar-refractivity contribution in [2.45, 2.75) is 105 Å². The van der Waals surface area contributed by atoms with E-state index < -0.39 is 16.6 Å². The molecule has 0 spiro atoms. The molecule has 1 aliphatic carbocycles. The molecule has 4 nitrogen and oxygen atoms in total. The Bertz CT molecular complexity index is 852. The van der Waals surface area contributed by atoms with E-state index in [1.807, 2.05) is 0 Å². The fourth-order valence-corrected chi connectivity index (χ4v) is 7.39. The maximum atomic E-state index is 12.8. The van der Waals surface area contributed by atoms with Crippen LogP contribution in [0.1, 0.15) is 93.4 Å². The van der Waals surface area contributed by atoms with Gasteiger partial charge in [-0.3, -0.25) is 4.79 Å². The Kier molecular flexibility index (Phi) is 8.07. The van der Waals surface area contributed by atoms with E-state index in [0.29, 0.717) is 24.7 Å². The minimum absolute atomic E-state index is 0.00942. The van der Waals surface area contributed by atoms with Gasteiger partial charge >= 0.3 is 0 Å². The minimum Gasteiger partial charge on any atom is -0.396 e. The van der Waals surface area contributed by atoms with Gasteiger partial charge < -0.3 is 14.9 Å². The second-order valence-corrected chi connectivity index (χ2v) is 12.2. The van der Waals surface area contributed by atoms with E-state index in [9.17, 15) is 15.0 Å². The van der Waals surface area contributed by atoms with Crippen LogP contribution >= 0.6 is 0 Å². The maximum absolute atomic E-state index is 12.8. The lowest BCUT2D eigenvalue weighted by atomic mass is 9.53. The molecule has 0 aromatic heterocycles. The molecule has 2 heterocycles. The van der Waals surface area contributed by atoms with Gasteiger partial charge in [-0.2, -0.15) is 0 Å². The standard InChI is InChI=1S/C30H48O4/c1-21(12-15-25-22(2)13-14-23(3)27(25,5)6)10-8-16-29(20-32)26(11-9-19-31)30(24(4)33)18-17-28(29,7)34-30/h10,12-13,15,23,25-26,31-32H,8-9,11,14,16-20H2,1-7H3/t23-,25+,26-,28-,29+,30-/m1/s1. The van der Waals surface area contributed by atoms with Crippen molar-refractivity contribution in [3.8, 4) is 0 Å². The number of ether oxygens (including phenoxy) is 1. The average molecular weight is 473 g/mol. The van der Waals surface area contributed by atoms with Crippen LogP contribution in [0, 0.1) is 28.6 Å². The number of aliphatic hydroxyl groups is 2. The number of fused-ring (bicyclic) bond motifs is 2. The number of ketones is 1. The van der Waals surface area contributed by atoms with E-state index in [4.69, 9.17) is 4.74 Å². The van der Waals surface area contributed by atoms with Gasteiger partial charge in [-0.05, 0) is 84.0 Å². The van der Waals surface area contributed by atoms with Crippen molar-refractivity contribution in [2.24, 2.45) is 28.6 Å². The molecule has 0 unspecified atom stereocenters. The first-order valence-corrected chi connectivity index (χ1v) is 13.3. The summed E-state index contributed by atoms with van der Waals surface area (Å²) in [5.74, 6) is 1.11. The van der Waals surface area contributed by atoms with Crippen molar-refractivity contribution < 1.29 is 19.7 Å². The van der Waals surface area contributed by atoms with Gasteiger partial charge in [0.05, 0.1) is 12.2 Å². The summed E-state index contributed by atoms with van der Waals surface area (Å²) in [4.78, 5) is 12.8. The number of hydrogen-bond acceptors (Lipinski definition) is 4. The van der Waals surface area contributed by atoms with Gasteiger partial charge in [-0.25, -0.2) is 0 Å². The number of aliphatic hydroxyl groups excluding tert-OH is 2. The van der Waals surface area contributed by atoms with Crippen molar-refractivity contribution >= 4 is 5.78 Å². The third-order valence-electron chi connectivity index (χ3n) is 10.2. The highest BCUT2D eigenvalue weighted by atomic mass is 16.5. The highest BCUT2D eigenvalue weighted by molar-refractivity contribution is 5.86. The topological polar surface area (TPSA) is 66.8 Å². The summed E-state index contributed by atoms with van der Waals surface area (Å²) in [7, 11) is 0. The van der Waals surface area contributed by atoms with Gasteiger partial charge in [0.2, 0.25) is 0 Å². The summed E-state index contributed by atoms with van der Waals surface area (Å²) >= 11 is 0. The summed E-state index contributed by atoms with van der Waals surface area (Å²) < 4.78 is 6.52. The van der Waals surface area contributed by atoms with Gasteiger partial charge in [0.1, 0.15) is 5.60 Å². The summed E-state index contributed by atoms with van der Waals surface area (Å²) in [6.07, 6.45) is 14.9. The summed E-state index contributed by atoms with van der Waals surface area (Å²) in [5, 5.41) is 20.2. The predicted molar refractivity (Wildman–Crippen MR) is 138 cm³/mol. The first-order chi connectivity index (χ1) is 15.9. The van der Waals surface area contributed by atoms with Crippen molar-refractivity contribution in [3.63, 3.8) is 0 Å². The van der Waals surface area contributed by atoms with E-state index in [0.717, 1.165) is 32.1 Å². The molecule has 6 atom stereocenters. The number of hydrogen-bond donors (Lipinski definition) is 2. The zero-order chi connectivity index (χ0) is 25.4. The third kappa shape index (κ3) is 4.40. The van der Waals surface area contributed by atoms with E-state index in [-0.39, 0.29) is 30.3 Å². The molecule has 2 N–H and O–H groups in total. The Hall–Kier alpha value is -1.23. The Morgan fingerprint density at radius 1 is 1.21 bits per heavy atom. The lowest BCUT2D eigenvalue weighted by Crippen LogP contribution is -2.54. The van der Waals surface area contributed by atoms with Crippen LogP contribution in [0.5, 0.6) is 0 Å². The van der Waals surface area contributed by atoms with Crippen LogP contribution in [-0.4, -0.2) is 40.4 Å². The van der Waals surface area contributed by atoms with Gasteiger partial charge in [-0.15, -0.1) is 0 Å². The fraction of sp³-hybridized carbons (Fsp3) is 0.767. The lowest BCUT2D eigenvalue weighted by Gasteiger charge is -2.47. The van der Waals surface area contributed by atoms with E-state index >= 15 is 0 Å². The predicted octanol–water partition coefficient (Wildman–Crippen LogP) is 6.18. The highest BCUT2D eigenvalue weighted by Gasteiger charge is 2.73. The van der Waals surface area contributed by atoms with Crippen LogP contribution in [0.15, 0.2) is 35.5 Å². The van der Waals surface area contributed by atoms with Crippen molar-refractivity contribution in [3.05, 3.63) is 35.5 Å². The highest BCUT2D eigenvalue weighted by Crippen LogP contribution is 2.67.